The smallest absolute Gasteiger partial charge is 0.189 e. The highest BCUT2D eigenvalue weighted by molar-refractivity contribution is 6.26. The van der Waals surface area contributed by atoms with E-state index in [0.717, 1.165) is 59.3 Å². The summed E-state index contributed by atoms with van der Waals surface area (Å²) in [5.41, 5.74) is 10.8. The number of benzene rings is 4. The fraction of sp³-hybridized carbons (Fsp3) is 0.176. The molecule has 0 atom stereocenters. The summed E-state index contributed by atoms with van der Waals surface area (Å²) in [7, 11) is 1.73. The van der Waals surface area contributed by atoms with E-state index in [1.807, 2.05) is 6.07 Å². The van der Waals surface area contributed by atoms with E-state index in [2.05, 4.69) is 60.7 Å². The van der Waals surface area contributed by atoms with Crippen LogP contribution in [0.15, 0.2) is 84.0 Å². The summed E-state index contributed by atoms with van der Waals surface area (Å²) in [5.74, 6) is 0.751. The quantitative estimate of drug-likeness (QED) is 0.296. The summed E-state index contributed by atoms with van der Waals surface area (Å²) >= 11 is 0. The van der Waals surface area contributed by atoms with Crippen molar-refractivity contribution in [3.63, 3.8) is 0 Å². The van der Waals surface area contributed by atoms with Gasteiger partial charge in [-0.05, 0) is 95.0 Å². The zero-order chi connectivity index (χ0) is 25.3. The van der Waals surface area contributed by atoms with Gasteiger partial charge in [-0.1, -0.05) is 60.2 Å². The monoisotopic (exact) mass is 482 g/mol. The van der Waals surface area contributed by atoms with Crippen LogP contribution in [0.1, 0.15) is 62.7 Å². The Bertz CT molecular complexity index is 1740. The number of aryl methyl sites for hydroxylation is 1. The predicted octanol–water partition coefficient (Wildman–Crippen LogP) is 7.54. The molecule has 4 aromatic carbocycles. The van der Waals surface area contributed by atoms with E-state index in [9.17, 15) is 9.59 Å². The maximum absolute atomic E-state index is 13.5. The second kappa shape index (κ2) is 8.14. The molecule has 3 aliphatic rings. The van der Waals surface area contributed by atoms with E-state index < -0.39 is 0 Å². The molecule has 180 valence electrons. The highest BCUT2D eigenvalue weighted by Crippen LogP contribution is 2.51. The average Bonchev–Trinajstić information content (AvgIpc) is 2.94. The zero-order valence-electron chi connectivity index (χ0n) is 21.0. The molecule has 0 radical (unpaired) electrons. The minimum atomic E-state index is -0.0700. The van der Waals surface area contributed by atoms with Crippen LogP contribution in [0.5, 0.6) is 5.75 Å². The second-order valence-electron chi connectivity index (χ2n) is 10.2. The summed E-state index contributed by atoms with van der Waals surface area (Å²) < 4.78 is 5.87. The van der Waals surface area contributed by atoms with Crippen molar-refractivity contribution in [1.29, 1.82) is 0 Å². The van der Waals surface area contributed by atoms with Crippen molar-refractivity contribution in [3.8, 4) is 16.9 Å². The fourth-order valence-corrected chi connectivity index (χ4v) is 6.59. The van der Waals surface area contributed by atoms with Gasteiger partial charge in [0.2, 0.25) is 0 Å². The van der Waals surface area contributed by atoms with Crippen LogP contribution in [-0.4, -0.2) is 18.7 Å². The van der Waals surface area contributed by atoms with Crippen LogP contribution >= 0.6 is 0 Å². The number of ketones is 2. The molecule has 0 aromatic heterocycles. The van der Waals surface area contributed by atoms with Crippen molar-refractivity contribution >= 4 is 27.9 Å². The zero-order valence-corrected chi connectivity index (χ0v) is 21.0. The molecule has 7 rings (SSSR count). The number of allylic oxidation sites excluding steroid dienone is 3. The topological polar surface area (TPSA) is 43.4 Å². The van der Waals surface area contributed by atoms with Gasteiger partial charge in [0.1, 0.15) is 5.75 Å². The van der Waals surface area contributed by atoms with Crippen LogP contribution < -0.4 is 4.74 Å². The molecule has 3 heteroatoms. The summed E-state index contributed by atoms with van der Waals surface area (Å²) in [6.45, 7) is 1.73. The van der Waals surface area contributed by atoms with Crippen molar-refractivity contribution < 1.29 is 14.3 Å². The fourth-order valence-electron chi connectivity index (χ4n) is 6.59. The number of fused-ring (bicyclic) bond motifs is 7. The van der Waals surface area contributed by atoms with Crippen molar-refractivity contribution in [1.82, 2.24) is 0 Å². The highest BCUT2D eigenvalue weighted by atomic mass is 16.5. The van der Waals surface area contributed by atoms with Crippen LogP contribution in [0.4, 0.5) is 0 Å². The standard InChI is InChI=1S/C34H26O3/c1-19-18-28(35)33-27(34(19)36)15-13-22-11-10-21-12-14-26-29(37-2)17-16-25(32(26)30(21)31(22)33)24-9-5-7-20-6-3-4-8-23(20)24/h3-9,13,15-18H,10-12,14H2,1-2H3. The number of hydrogen-bond acceptors (Lipinski definition) is 3. The maximum Gasteiger partial charge on any atom is 0.189 e. The highest BCUT2D eigenvalue weighted by Gasteiger charge is 2.35. The van der Waals surface area contributed by atoms with Crippen LogP contribution in [0.25, 0.3) is 27.5 Å². The first-order valence-corrected chi connectivity index (χ1v) is 12.9. The van der Waals surface area contributed by atoms with Gasteiger partial charge in [-0.2, -0.15) is 0 Å². The molecule has 0 aliphatic heterocycles. The Hall–Kier alpha value is -4.24. The molecule has 0 saturated carbocycles. The molecule has 0 bridgehead atoms. The Morgan fingerprint density at radius 2 is 1.49 bits per heavy atom. The van der Waals surface area contributed by atoms with Gasteiger partial charge < -0.3 is 4.74 Å². The largest absolute Gasteiger partial charge is 0.496 e. The van der Waals surface area contributed by atoms with E-state index in [0.29, 0.717) is 16.7 Å². The van der Waals surface area contributed by atoms with Gasteiger partial charge in [0.15, 0.2) is 11.6 Å². The average molecular weight is 483 g/mol. The van der Waals surface area contributed by atoms with E-state index >= 15 is 0 Å². The lowest BCUT2D eigenvalue weighted by atomic mass is 9.69. The molecule has 37 heavy (non-hydrogen) atoms. The summed E-state index contributed by atoms with van der Waals surface area (Å²) in [6.07, 6.45) is 5.18. The van der Waals surface area contributed by atoms with Gasteiger partial charge >= 0.3 is 0 Å². The Morgan fingerprint density at radius 3 is 2.35 bits per heavy atom. The molecule has 0 saturated heterocycles. The molecule has 0 heterocycles. The third-order valence-corrected chi connectivity index (χ3v) is 8.28. The molecule has 0 unspecified atom stereocenters. The number of rotatable bonds is 2. The van der Waals surface area contributed by atoms with Gasteiger partial charge in [0.05, 0.1) is 7.11 Å². The first-order valence-electron chi connectivity index (χ1n) is 12.9. The molecule has 0 amide bonds. The number of hydrogen-bond donors (Lipinski definition) is 0. The van der Waals surface area contributed by atoms with E-state index in [-0.39, 0.29) is 11.6 Å². The molecule has 3 nitrogen and oxygen atoms in total. The second-order valence-corrected chi connectivity index (χ2v) is 10.2. The summed E-state index contributed by atoms with van der Waals surface area (Å²) in [6, 6.07) is 23.1. The molecule has 0 spiro atoms. The number of carbonyl (C=O) groups is 2. The van der Waals surface area contributed by atoms with Crippen molar-refractivity contribution in [2.45, 2.75) is 32.6 Å². The number of Topliss-reactive ketones (excluding diaryl/α,β-unsaturated/α-hetero) is 1. The van der Waals surface area contributed by atoms with Gasteiger partial charge in [-0.25, -0.2) is 0 Å². The van der Waals surface area contributed by atoms with E-state index in [1.54, 1.807) is 14.0 Å². The van der Waals surface area contributed by atoms with Gasteiger partial charge in [0, 0.05) is 22.3 Å². The van der Waals surface area contributed by atoms with E-state index in [4.69, 9.17) is 4.74 Å². The maximum atomic E-state index is 13.5. The van der Waals surface area contributed by atoms with Gasteiger partial charge in [-0.15, -0.1) is 0 Å². The van der Waals surface area contributed by atoms with Crippen LogP contribution in [0.3, 0.4) is 0 Å². The molecular formula is C34H26O3. The lowest BCUT2D eigenvalue weighted by Gasteiger charge is -2.34. The normalized spacial score (nSPS) is 16.1. The third kappa shape index (κ3) is 3.13. The Labute approximate surface area is 216 Å². The van der Waals surface area contributed by atoms with Crippen molar-refractivity contribution in [3.05, 3.63) is 117 Å². The lowest BCUT2D eigenvalue weighted by molar-refractivity contribution is 0.0984. The molecule has 0 fully saturated rings. The minimum Gasteiger partial charge on any atom is -0.496 e. The number of carbonyl (C=O) groups excluding carboxylic acids is 2. The lowest BCUT2D eigenvalue weighted by Crippen LogP contribution is -2.22. The van der Waals surface area contributed by atoms with Crippen molar-refractivity contribution in [2.75, 3.05) is 7.11 Å². The van der Waals surface area contributed by atoms with Crippen LogP contribution in [0.2, 0.25) is 0 Å². The van der Waals surface area contributed by atoms with Gasteiger partial charge in [-0.3, -0.25) is 9.59 Å². The first kappa shape index (κ1) is 22.0. The summed E-state index contributed by atoms with van der Waals surface area (Å²) in [5, 5.41) is 2.39. The Morgan fingerprint density at radius 1 is 0.703 bits per heavy atom. The number of ether oxygens (including phenoxy) is 1. The van der Waals surface area contributed by atoms with E-state index in [1.165, 1.54) is 33.5 Å². The Balaban J connectivity index is 1.59. The van der Waals surface area contributed by atoms with Crippen LogP contribution in [-0.2, 0) is 12.8 Å². The van der Waals surface area contributed by atoms with Crippen LogP contribution in [0, 0.1) is 0 Å². The summed E-state index contributed by atoms with van der Waals surface area (Å²) in [4.78, 5) is 26.6. The molecule has 0 N–H and O–H groups in total. The minimum absolute atomic E-state index is 0.0546. The SMILES string of the molecule is COc1ccc(-c2cccc3ccccc23)c2c1CCC1=C2c2c(ccc3c2C(=O)C=C(C)C3=O)CC1. The Kier molecular flexibility index (Phi) is 4.84. The van der Waals surface area contributed by atoms with Gasteiger partial charge in [0.25, 0.3) is 0 Å². The third-order valence-electron chi connectivity index (χ3n) is 8.28. The number of methoxy groups -OCH3 is 1. The predicted molar refractivity (Wildman–Crippen MR) is 147 cm³/mol. The molecular weight excluding hydrogens is 456 g/mol. The molecule has 3 aliphatic carbocycles. The first-order chi connectivity index (χ1) is 18.1. The molecule has 4 aromatic rings. The van der Waals surface area contributed by atoms with Crippen molar-refractivity contribution in [2.24, 2.45) is 0 Å².